The van der Waals surface area contributed by atoms with Crippen molar-refractivity contribution in [2.75, 3.05) is 36.5 Å². The number of nitrogens with zero attached hydrogens (tertiary/aromatic N) is 5. The number of hydrogen-bond acceptors (Lipinski definition) is 7. The van der Waals surface area contributed by atoms with Gasteiger partial charge >= 0.3 is 5.97 Å². The summed E-state index contributed by atoms with van der Waals surface area (Å²) in [5, 5.41) is 9.59. The molecule has 2 aromatic carbocycles. The van der Waals surface area contributed by atoms with Crippen molar-refractivity contribution >= 4 is 61.6 Å². The van der Waals surface area contributed by atoms with Gasteiger partial charge in [-0.1, -0.05) is 36.5 Å². The summed E-state index contributed by atoms with van der Waals surface area (Å²) in [7, 11) is -0.458. The number of ether oxygens (including phenoxy) is 1. The van der Waals surface area contributed by atoms with Crippen LogP contribution >= 0.6 is 23.2 Å². The third-order valence-corrected chi connectivity index (χ3v) is 7.95. The van der Waals surface area contributed by atoms with Gasteiger partial charge in [-0.05, 0) is 61.0 Å². The maximum atomic E-state index is 13.7. The number of sulfonamides is 1. The quantitative estimate of drug-likeness (QED) is 0.186. The Morgan fingerprint density at radius 2 is 1.74 bits per heavy atom. The van der Waals surface area contributed by atoms with Gasteiger partial charge in [-0.25, -0.2) is 8.42 Å². The van der Waals surface area contributed by atoms with Gasteiger partial charge in [-0.2, -0.15) is 0 Å². The summed E-state index contributed by atoms with van der Waals surface area (Å²) >= 11 is 12.2. The van der Waals surface area contributed by atoms with Crippen molar-refractivity contribution < 1.29 is 17.9 Å². The lowest BCUT2D eigenvalue weighted by molar-refractivity contribution is -0.141. The van der Waals surface area contributed by atoms with E-state index in [0.29, 0.717) is 12.2 Å². The molecule has 0 aliphatic rings. The number of halogens is 2. The SMILES string of the molecule is CCCCOC(=O)CN(c1ccc2c(ccn2-c2ccc(N(C)C)nn2)c1)S(=O)(=O)c1cc(Cl)cc(Cl)c1. The fourth-order valence-corrected chi connectivity index (χ4v) is 5.91. The average Bonchev–Trinajstić information content (AvgIpc) is 3.30. The molecule has 0 aliphatic heterocycles. The molecule has 0 bridgehead atoms. The van der Waals surface area contributed by atoms with Crippen molar-refractivity contribution in [3.05, 3.63) is 70.8 Å². The van der Waals surface area contributed by atoms with E-state index in [2.05, 4.69) is 10.2 Å². The molecule has 0 aliphatic carbocycles. The van der Waals surface area contributed by atoms with Gasteiger partial charge in [0.1, 0.15) is 6.54 Å². The van der Waals surface area contributed by atoms with Crippen molar-refractivity contribution in [1.82, 2.24) is 14.8 Å². The first-order valence-corrected chi connectivity index (χ1v) is 14.1. The van der Waals surface area contributed by atoms with Crippen molar-refractivity contribution in [2.24, 2.45) is 0 Å². The predicted molar refractivity (Wildman–Crippen MR) is 150 cm³/mol. The van der Waals surface area contributed by atoms with Gasteiger partial charge in [-0.15, -0.1) is 10.2 Å². The molecule has 4 aromatic rings. The lowest BCUT2D eigenvalue weighted by atomic mass is 10.2. The zero-order chi connectivity index (χ0) is 27.4. The molecule has 38 heavy (non-hydrogen) atoms. The Balaban J connectivity index is 1.74. The van der Waals surface area contributed by atoms with E-state index in [-0.39, 0.29) is 27.2 Å². The van der Waals surface area contributed by atoms with E-state index in [0.717, 1.165) is 27.4 Å². The number of carbonyl (C=O) groups is 1. The van der Waals surface area contributed by atoms with Crippen LogP contribution in [0.25, 0.3) is 16.7 Å². The van der Waals surface area contributed by atoms with E-state index in [1.165, 1.54) is 18.2 Å². The predicted octanol–water partition coefficient (Wildman–Crippen LogP) is 5.33. The monoisotopic (exact) mass is 575 g/mol. The smallest absolute Gasteiger partial charge is 0.326 e. The molecule has 0 spiro atoms. The molecule has 200 valence electrons. The van der Waals surface area contributed by atoms with Crippen LogP contribution in [0, 0.1) is 0 Å². The summed E-state index contributed by atoms with van der Waals surface area (Å²) in [6.45, 7) is 1.67. The van der Waals surface area contributed by atoms with Gasteiger partial charge in [0.15, 0.2) is 11.6 Å². The standard InChI is InChI=1S/C26H27Cl2N5O4S/c1-4-5-12-37-26(34)17-33(38(35,36)22-15-19(27)14-20(28)16-22)21-6-7-23-18(13-21)10-11-32(23)25-9-8-24(29-30-25)31(2)3/h6-11,13-16H,4-5,12,17H2,1-3H3. The van der Waals surface area contributed by atoms with Crippen molar-refractivity contribution in [1.29, 1.82) is 0 Å². The van der Waals surface area contributed by atoms with Crippen LogP contribution in [0.1, 0.15) is 19.8 Å². The average molecular weight is 577 g/mol. The summed E-state index contributed by atoms with van der Waals surface area (Å²) in [6.07, 6.45) is 3.34. The Kier molecular flexibility index (Phi) is 8.44. The van der Waals surface area contributed by atoms with Crippen LogP contribution in [-0.2, 0) is 19.6 Å². The normalized spacial score (nSPS) is 11.5. The number of fused-ring (bicyclic) bond motifs is 1. The summed E-state index contributed by atoms with van der Waals surface area (Å²) in [5.41, 5.74) is 1.07. The summed E-state index contributed by atoms with van der Waals surface area (Å²) in [5.74, 6) is 0.667. The second-order valence-electron chi connectivity index (χ2n) is 8.76. The van der Waals surface area contributed by atoms with Gasteiger partial charge in [0, 0.05) is 35.7 Å². The molecule has 2 heterocycles. The van der Waals surface area contributed by atoms with E-state index in [9.17, 15) is 13.2 Å². The van der Waals surface area contributed by atoms with E-state index < -0.39 is 22.5 Å². The number of benzene rings is 2. The second kappa shape index (κ2) is 11.6. The van der Waals surface area contributed by atoms with Crippen LogP contribution in [0.3, 0.4) is 0 Å². The molecule has 0 radical (unpaired) electrons. The molecule has 0 atom stereocenters. The molecule has 4 rings (SSSR count). The first-order valence-electron chi connectivity index (χ1n) is 11.9. The van der Waals surface area contributed by atoms with Crippen molar-refractivity contribution in [2.45, 2.75) is 24.7 Å². The number of rotatable bonds is 10. The molecule has 0 N–H and O–H groups in total. The lowest BCUT2D eigenvalue weighted by Gasteiger charge is -2.24. The Morgan fingerprint density at radius 3 is 2.37 bits per heavy atom. The zero-order valence-electron chi connectivity index (χ0n) is 21.1. The molecule has 0 amide bonds. The van der Waals surface area contributed by atoms with Crippen LogP contribution in [0.5, 0.6) is 0 Å². The van der Waals surface area contributed by atoms with Gasteiger partial charge in [0.25, 0.3) is 10.0 Å². The van der Waals surface area contributed by atoms with Crippen LogP contribution in [0.4, 0.5) is 11.5 Å². The molecule has 0 fully saturated rings. The molecule has 12 heteroatoms. The number of carbonyl (C=O) groups excluding carboxylic acids is 1. The van der Waals surface area contributed by atoms with Crippen molar-refractivity contribution in [3.63, 3.8) is 0 Å². The summed E-state index contributed by atoms with van der Waals surface area (Å²) in [4.78, 5) is 14.4. The van der Waals surface area contributed by atoms with E-state index >= 15 is 0 Å². The fourth-order valence-electron chi connectivity index (χ4n) is 3.78. The first kappa shape index (κ1) is 27.7. The molecule has 0 unspecified atom stereocenters. The number of esters is 1. The maximum absolute atomic E-state index is 13.7. The van der Waals surface area contributed by atoms with Gasteiger partial charge in [-0.3, -0.25) is 13.7 Å². The van der Waals surface area contributed by atoms with Gasteiger partial charge in [0.2, 0.25) is 0 Å². The summed E-state index contributed by atoms with van der Waals surface area (Å²) < 4.78 is 35.6. The first-order chi connectivity index (χ1) is 18.1. The fraction of sp³-hybridized carbons (Fsp3) is 0.269. The number of unbranched alkanes of at least 4 members (excludes halogenated alkanes) is 1. The minimum absolute atomic E-state index is 0.134. The largest absolute Gasteiger partial charge is 0.464 e. The van der Waals surface area contributed by atoms with Crippen LogP contribution in [-0.4, -0.2) is 56.4 Å². The van der Waals surface area contributed by atoms with Crippen LogP contribution < -0.4 is 9.21 Å². The minimum Gasteiger partial charge on any atom is -0.464 e. The second-order valence-corrected chi connectivity index (χ2v) is 11.5. The van der Waals surface area contributed by atoms with Crippen molar-refractivity contribution in [3.8, 4) is 5.82 Å². The highest BCUT2D eigenvalue weighted by Gasteiger charge is 2.29. The highest BCUT2D eigenvalue weighted by Crippen LogP contribution is 2.31. The lowest BCUT2D eigenvalue weighted by Crippen LogP contribution is -2.36. The van der Waals surface area contributed by atoms with Crippen LogP contribution in [0.15, 0.2) is 65.7 Å². The molecule has 0 saturated heterocycles. The third kappa shape index (κ3) is 6.03. The Morgan fingerprint density at radius 1 is 1.00 bits per heavy atom. The minimum atomic E-state index is -4.22. The van der Waals surface area contributed by atoms with Crippen LogP contribution in [0.2, 0.25) is 10.0 Å². The molecule has 0 saturated carbocycles. The molecule has 2 aromatic heterocycles. The van der Waals surface area contributed by atoms with E-state index in [4.69, 9.17) is 27.9 Å². The van der Waals surface area contributed by atoms with E-state index in [1.807, 2.05) is 54.9 Å². The number of hydrogen-bond donors (Lipinski definition) is 0. The summed E-state index contributed by atoms with van der Waals surface area (Å²) in [6, 6.07) is 14.7. The highest BCUT2D eigenvalue weighted by atomic mass is 35.5. The van der Waals surface area contributed by atoms with E-state index in [1.54, 1.807) is 18.2 Å². The zero-order valence-corrected chi connectivity index (χ0v) is 23.5. The van der Waals surface area contributed by atoms with Gasteiger partial charge in [0.05, 0.1) is 22.7 Å². The molecular formula is C26H27Cl2N5O4S. The molecule has 9 nitrogen and oxygen atoms in total. The topological polar surface area (TPSA) is 97.6 Å². The maximum Gasteiger partial charge on any atom is 0.326 e. The number of anilines is 2. The number of aromatic nitrogens is 3. The molecular weight excluding hydrogens is 549 g/mol. The Labute approximate surface area is 231 Å². The third-order valence-electron chi connectivity index (χ3n) is 5.76. The van der Waals surface area contributed by atoms with Gasteiger partial charge < -0.3 is 9.64 Å². The Hall–Kier alpha value is -3.34. The Bertz CT molecular complexity index is 1540. The highest BCUT2D eigenvalue weighted by molar-refractivity contribution is 7.92.